The van der Waals surface area contributed by atoms with E-state index in [1.807, 2.05) is 6.07 Å². The van der Waals surface area contributed by atoms with Crippen LogP contribution in [-0.2, 0) is 4.79 Å². The Morgan fingerprint density at radius 3 is 2.41 bits per heavy atom. The number of carbonyl (C=O) groups is 2. The van der Waals surface area contributed by atoms with E-state index in [1.165, 1.54) is 43.4 Å². The van der Waals surface area contributed by atoms with Gasteiger partial charge in [0.1, 0.15) is 5.82 Å². The van der Waals surface area contributed by atoms with Gasteiger partial charge in [0.15, 0.2) is 11.5 Å². The highest BCUT2D eigenvalue weighted by atomic mass is 19.1. The number of amides is 2. The molecule has 2 heterocycles. The molecule has 0 aliphatic carbocycles. The number of carbonyl (C=O) groups excluding carboxylic acids is 2. The maximum atomic E-state index is 13.6. The Labute approximate surface area is 184 Å². The monoisotopic (exact) mass is 435 g/mol. The van der Waals surface area contributed by atoms with E-state index in [-0.39, 0.29) is 11.8 Å². The summed E-state index contributed by atoms with van der Waals surface area (Å²) in [6.07, 6.45) is 3.27. The Hall–Kier alpha value is -3.94. The highest BCUT2D eigenvalue weighted by Crippen LogP contribution is 2.45. The van der Waals surface area contributed by atoms with Crippen LogP contribution in [0.3, 0.4) is 0 Å². The first-order valence-electron chi connectivity index (χ1n) is 9.94. The van der Waals surface area contributed by atoms with Crippen LogP contribution in [0.2, 0.25) is 0 Å². The van der Waals surface area contributed by atoms with Crippen molar-refractivity contribution >= 4 is 17.5 Å². The molecule has 1 aliphatic rings. The zero-order valence-corrected chi connectivity index (χ0v) is 17.8. The zero-order chi connectivity index (χ0) is 22.8. The first kappa shape index (κ1) is 21.3. The van der Waals surface area contributed by atoms with Crippen molar-refractivity contribution in [1.29, 1.82) is 0 Å². The fraction of sp³-hybridized carbons (Fsp3) is 0.208. The van der Waals surface area contributed by atoms with Gasteiger partial charge >= 0.3 is 0 Å². The Bertz CT molecular complexity index is 1150. The van der Waals surface area contributed by atoms with Crippen molar-refractivity contribution in [1.82, 2.24) is 9.88 Å². The van der Waals surface area contributed by atoms with E-state index in [0.29, 0.717) is 33.9 Å². The van der Waals surface area contributed by atoms with Gasteiger partial charge in [0.05, 0.1) is 26.2 Å². The van der Waals surface area contributed by atoms with Gasteiger partial charge in [0.2, 0.25) is 5.91 Å². The van der Waals surface area contributed by atoms with E-state index in [2.05, 4.69) is 10.3 Å². The summed E-state index contributed by atoms with van der Waals surface area (Å²) in [4.78, 5) is 32.5. The average molecular weight is 435 g/mol. The largest absolute Gasteiger partial charge is 0.493 e. The van der Waals surface area contributed by atoms with Crippen molar-refractivity contribution in [3.63, 3.8) is 0 Å². The number of ether oxygens (including phenoxy) is 2. The number of anilines is 1. The highest BCUT2D eigenvalue weighted by molar-refractivity contribution is 6.04. The number of fused-ring (bicyclic) bond motifs is 1. The predicted octanol–water partition coefficient (Wildman–Crippen LogP) is 3.79. The summed E-state index contributed by atoms with van der Waals surface area (Å²) in [5, 5.41) is 2.84. The molecule has 1 N–H and O–H groups in total. The number of hydrogen-bond donors (Lipinski definition) is 1. The molecule has 4 rings (SSSR count). The number of rotatable bonds is 5. The number of nitrogens with one attached hydrogen (secondary N) is 1. The molecule has 1 aromatic heterocycles. The molecule has 2 amide bonds. The van der Waals surface area contributed by atoms with Crippen molar-refractivity contribution in [2.45, 2.75) is 12.0 Å². The summed E-state index contributed by atoms with van der Waals surface area (Å²) in [5.41, 5.74) is 2.02. The maximum Gasteiger partial charge on any atom is 0.254 e. The number of benzene rings is 2. The molecule has 2 atom stereocenters. The van der Waals surface area contributed by atoms with Crippen molar-refractivity contribution < 1.29 is 23.5 Å². The Morgan fingerprint density at radius 2 is 1.78 bits per heavy atom. The van der Waals surface area contributed by atoms with Crippen LogP contribution in [0.5, 0.6) is 11.5 Å². The van der Waals surface area contributed by atoms with Gasteiger partial charge in [-0.15, -0.1) is 0 Å². The molecule has 0 radical (unpaired) electrons. The molecule has 7 nitrogen and oxygen atoms in total. The van der Waals surface area contributed by atoms with E-state index in [0.717, 1.165) is 0 Å². The van der Waals surface area contributed by atoms with Crippen LogP contribution in [0, 0.1) is 5.82 Å². The summed E-state index contributed by atoms with van der Waals surface area (Å²) >= 11 is 0. The second-order valence-electron chi connectivity index (χ2n) is 7.42. The molecule has 0 spiro atoms. The maximum absolute atomic E-state index is 13.6. The SMILES string of the molecule is COc1cc2c(cc1OC)C(C(=O)Nc1ccc(F)cc1)C(c1cccnc1)N(C)C2=O. The number of nitrogens with zero attached hydrogens (tertiary/aromatic N) is 2. The van der Waals surface area contributed by atoms with Gasteiger partial charge in [-0.1, -0.05) is 6.07 Å². The molecule has 1 aliphatic heterocycles. The molecule has 0 saturated heterocycles. The molecule has 0 saturated carbocycles. The van der Waals surface area contributed by atoms with E-state index in [1.54, 1.807) is 37.6 Å². The minimum absolute atomic E-state index is 0.249. The van der Waals surface area contributed by atoms with Gasteiger partial charge in [0.25, 0.3) is 5.91 Å². The highest BCUT2D eigenvalue weighted by Gasteiger charge is 2.43. The molecule has 8 heteroatoms. The third-order valence-electron chi connectivity index (χ3n) is 5.59. The lowest BCUT2D eigenvalue weighted by molar-refractivity contribution is -0.119. The van der Waals surface area contributed by atoms with Crippen LogP contribution in [0.4, 0.5) is 10.1 Å². The lowest BCUT2D eigenvalue weighted by atomic mass is 9.79. The molecule has 2 unspecified atom stereocenters. The lowest BCUT2D eigenvalue weighted by Crippen LogP contribution is -2.44. The van der Waals surface area contributed by atoms with E-state index in [4.69, 9.17) is 9.47 Å². The molecular formula is C24H22FN3O4. The average Bonchev–Trinajstić information content (AvgIpc) is 2.82. The quantitative estimate of drug-likeness (QED) is 0.660. The molecule has 0 bridgehead atoms. The molecule has 164 valence electrons. The van der Waals surface area contributed by atoms with E-state index < -0.39 is 17.8 Å². The number of hydrogen-bond acceptors (Lipinski definition) is 5. The van der Waals surface area contributed by atoms with Gasteiger partial charge in [-0.05, 0) is 53.6 Å². The first-order chi connectivity index (χ1) is 15.4. The van der Waals surface area contributed by atoms with Gasteiger partial charge in [-0.25, -0.2) is 4.39 Å². The minimum Gasteiger partial charge on any atom is -0.493 e. The second-order valence-corrected chi connectivity index (χ2v) is 7.42. The standard InChI is InChI=1S/C24H22FN3O4/c1-28-22(14-5-4-10-26-13-14)21(23(29)27-16-8-6-15(25)7-9-16)17-11-19(31-2)20(32-3)12-18(17)24(28)30/h4-13,21-22H,1-3H3,(H,27,29). The van der Waals surface area contributed by atoms with Crippen molar-refractivity contribution in [2.24, 2.45) is 0 Å². The van der Waals surface area contributed by atoms with E-state index in [9.17, 15) is 14.0 Å². The fourth-order valence-electron chi connectivity index (χ4n) is 4.05. The van der Waals surface area contributed by atoms with Gasteiger partial charge < -0.3 is 19.7 Å². The fourth-order valence-corrected chi connectivity index (χ4v) is 4.05. The molecule has 3 aromatic rings. The van der Waals surface area contributed by atoms with Crippen LogP contribution in [0.25, 0.3) is 0 Å². The summed E-state index contributed by atoms with van der Waals surface area (Å²) in [6, 6.07) is 11.7. The van der Waals surface area contributed by atoms with Gasteiger partial charge in [-0.3, -0.25) is 14.6 Å². The van der Waals surface area contributed by atoms with Crippen LogP contribution in [0.1, 0.15) is 33.4 Å². The van der Waals surface area contributed by atoms with Crippen LogP contribution in [0.15, 0.2) is 60.9 Å². The predicted molar refractivity (Wildman–Crippen MR) is 116 cm³/mol. The Kier molecular flexibility index (Phi) is 5.77. The summed E-state index contributed by atoms with van der Waals surface area (Å²) < 4.78 is 24.1. The van der Waals surface area contributed by atoms with Gasteiger partial charge in [-0.2, -0.15) is 0 Å². The van der Waals surface area contributed by atoms with Crippen LogP contribution < -0.4 is 14.8 Å². The van der Waals surface area contributed by atoms with Crippen molar-refractivity contribution in [3.05, 3.63) is 83.4 Å². The molecule has 32 heavy (non-hydrogen) atoms. The van der Waals surface area contributed by atoms with Crippen molar-refractivity contribution in [3.8, 4) is 11.5 Å². The number of likely N-dealkylation sites (N-methyl/N-ethyl adjacent to an activating group) is 1. The summed E-state index contributed by atoms with van der Waals surface area (Å²) in [5.74, 6) is -0.972. The minimum atomic E-state index is -0.776. The number of aromatic nitrogens is 1. The normalized spacial score (nSPS) is 17.5. The third kappa shape index (κ3) is 3.75. The number of methoxy groups -OCH3 is 2. The third-order valence-corrected chi connectivity index (χ3v) is 5.59. The number of halogens is 1. The zero-order valence-electron chi connectivity index (χ0n) is 17.8. The first-order valence-corrected chi connectivity index (χ1v) is 9.94. The lowest BCUT2D eigenvalue weighted by Gasteiger charge is -2.39. The smallest absolute Gasteiger partial charge is 0.254 e. The van der Waals surface area contributed by atoms with E-state index >= 15 is 0 Å². The Morgan fingerprint density at radius 1 is 1.09 bits per heavy atom. The number of pyridine rings is 1. The molecule has 0 fully saturated rings. The molecular weight excluding hydrogens is 413 g/mol. The van der Waals surface area contributed by atoms with Gasteiger partial charge in [0, 0.05) is 30.7 Å². The second kappa shape index (κ2) is 8.66. The Balaban J connectivity index is 1.86. The van der Waals surface area contributed by atoms with Crippen LogP contribution >= 0.6 is 0 Å². The topological polar surface area (TPSA) is 80.8 Å². The summed E-state index contributed by atoms with van der Waals surface area (Å²) in [6.45, 7) is 0. The van der Waals surface area contributed by atoms with Crippen LogP contribution in [-0.4, -0.2) is 43.0 Å². The summed E-state index contributed by atoms with van der Waals surface area (Å²) in [7, 11) is 4.63. The van der Waals surface area contributed by atoms with Crippen molar-refractivity contribution in [2.75, 3.05) is 26.6 Å². The molecule has 2 aromatic carbocycles.